The topological polar surface area (TPSA) is 58.6 Å². The fourth-order valence-corrected chi connectivity index (χ4v) is 3.15. The lowest BCUT2D eigenvalue weighted by atomic mass is 10.1. The number of benzene rings is 1. The van der Waals surface area contributed by atoms with E-state index in [-0.39, 0.29) is 6.04 Å². The molecule has 0 aromatic heterocycles. The predicted molar refractivity (Wildman–Crippen MR) is 84.0 cm³/mol. The molecular weight excluding hydrogens is 288 g/mol. The summed E-state index contributed by atoms with van der Waals surface area (Å²) < 4.78 is 30.8. The molecule has 1 aliphatic rings. The Morgan fingerprint density at radius 1 is 1.24 bits per heavy atom. The average Bonchev–Trinajstić information content (AvgIpc) is 2.94. The number of nitrogens with one attached hydrogen (secondary N) is 1. The molecule has 1 atom stereocenters. The van der Waals surface area contributed by atoms with Gasteiger partial charge in [-0.3, -0.25) is 4.90 Å². The third-order valence-electron chi connectivity index (χ3n) is 3.70. The van der Waals surface area contributed by atoms with Gasteiger partial charge in [-0.1, -0.05) is 12.1 Å². The van der Waals surface area contributed by atoms with Gasteiger partial charge in [0.15, 0.2) is 0 Å². The van der Waals surface area contributed by atoms with E-state index >= 15 is 0 Å². The number of nitrogens with zero attached hydrogens (tertiary/aromatic N) is 1. The first kappa shape index (κ1) is 16.3. The van der Waals surface area contributed by atoms with Gasteiger partial charge in [0.1, 0.15) is 5.75 Å². The number of hydrogen-bond donors (Lipinski definition) is 1. The van der Waals surface area contributed by atoms with Crippen LogP contribution in [0.3, 0.4) is 0 Å². The maximum atomic E-state index is 11.4. The maximum Gasteiger partial charge on any atom is 0.208 e. The molecule has 0 spiro atoms. The van der Waals surface area contributed by atoms with Crippen molar-refractivity contribution in [2.24, 2.45) is 0 Å². The highest BCUT2D eigenvalue weighted by atomic mass is 32.2. The van der Waals surface area contributed by atoms with E-state index in [4.69, 9.17) is 4.74 Å². The van der Waals surface area contributed by atoms with Gasteiger partial charge in [0.2, 0.25) is 10.0 Å². The molecule has 1 aromatic carbocycles. The van der Waals surface area contributed by atoms with Crippen molar-refractivity contribution < 1.29 is 13.2 Å². The van der Waals surface area contributed by atoms with E-state index in [1.54, 1.807) is 0 Å². The Morgan fingerprint density at radius 3 is 2.38 bits per heavy atom. The van der Waals surface area contributed by atoms with Crippen LogP contribution in [-0.2, 0) is 10.0 Å². The first-order chi connectivity index (χ1) is 9.99. The van der Waals surface area contributed by atoms with E-state index in [1.807, 2.05) is 31.2 Å². The van der Waals surface area contributed by atoms with E-state index in [0.29, 0.717) is 13.2 Å². The molecule has 1 fully saturated rings. The Hall–Kier alpha value is -1.11. The van der Waals surface area contributed by atoms with Crippen LogP contribution in [0.2, 0.25) is 0 Å². The zero-order chi connectivity index (χ0) is 15.3. The number of ether oxygens (including phenoxy) is 1. The Morgan fingerprint density at radius 2 is 1.86 bits per heavy atom. The molecule has 21 heavy (non-hydrogen) atoms. The van der Waals surface area contributed by atoms with Gasteiger partial charge in [0.05, 0.1) is 12.9 Å². The average molecular weight is 312 g/mol. The fourth-order valence-electron chi connectivity index (χ4n) is 2.69. The standard InChI is InChI=1S/C15H24N2O3S/c1-3-20-14-8-6-13(7-9-14)15(12-16-21(2,18)19)17-10-4-5-11-17/h6-9,15-16H,3-5,10-12H2,1-2H3. The van der Waals surface area contributed by atoms with Crippen LogP contribution in [0.15, 0.2) is 24.3 Å². The van der Waals surface area contributed by atoms with Crippen molar-refractivity contribution in [3.63, 3.8) is 0 Å². The van der Waals surface area contributed by atoms with Gasteiger partial charge in [0.25, 0.3) is 0 Å². The van der Waals surface area contributed by atoms with E-state index in [9.17, 15) is 8.42 Å². The van der Waals surface area contributed by atoms with Crippen molar-refractivity contribution >= 4 is 10.0 Å². The zero-order valence-electron chi connectivity index (χ0n) is 12.7. The molecule has 0 radical (unpaired) electrons. The predicted octanol–water partition coefficient (Wildman–Crippen LogP) is 1.77. The lowest BCUT2D eigenvalue weighted by Gasteiger charge is -2.28. The van der Waals surface area contributed by atoms with Crippen molar-refractivity contribution in [3.05, 3.63) is 29.8 Å². The van der Waals surface area contributed by atoms with Gasteiger partial charge in [-0.15, -0.1) is 0 Å². The molecule has 1 heterocycles. The molecule has 1 aromatic rings. The minimum absolute atomic E-state index is 0.0814. The molecule has 118 valence electrons. The van der Waals surface area contributed by atoms with Crippen molar-refractivity contribution in [1.29, 1.82) is 0 Å². The summed E-state index contributed by atoms with van der Waals surface area (Å²) in [6.45, 7) is 5.04. The Balaban J connectivity index is 2.13. The highest BCUT2D eigenvalue weighted by Gasteiger charge is 2.24. The van der Waals surface area contributed by atoms with Gasteiger partial charge in [0, 0.05) is 12.6 Å². The molecule has 0 amide bonds. The van der Waals surface area contributed by atoms with Crippen molar-refractivity contribution in [2.75, 3.05) is 32.5 Å². The number of sulfonamides is 1. The smallest absolute Gasteiger partial charge is 0.208 e. The first-order valence-corrected chi connectivity index (χ1v) is 9.30. The zero-order valence-corrected chi connectivity index (χ0v) is 13.5. The Bertz CT molecular complexity index is 537. The van der Waals surface area contributed by atoms with Gasteiger partial charge >= 0.3 is 0 Å². The van der Waals surface area contributed by atoms with E-state index in [1.165, 1.54) is 19.1 Å². The quantitative estimate of drug-likeness (QED) is 0.833. The monoisotopic (exact) mass is 312 g/mol. The summed E-state index contributed by atoms with van der Waals surface area (Å²) in [6, 6.07) is 8.03. The first-order valence-electron chi connectivity index (χ1n) is 7.41. The van der Waals surface area contributed by atoms with Gasteiger partial charge in [-0.25, -0.2) is 13.1 Å². The highest BCUT2D eigenvalue weighted by molar-refractivity contribution is 7.88. The van der Waals surface area contributed by atoms with Crippen molar-refractivity contribution in [2.45, 2.75) is 25.8 Å². The molecular formula is C15H24N2O3S. The van der Waals surface area contributed by atoms with Crippen LogP contribution in [0.1, 0.15) is 31.4 Å². The molecule has 0 aliphatic carbocycles. The minimum atomic E-state index is -3.17. The van der Waals surface area contributed by atoms with Crippen LogP contribution >= 0.6 is 0 Å². The van der Waals surface area contributed by atoms with Crippen molar-refractivity contribution in [3.8, 4) is 5.75 Å². The molecule has 1 saturated heterocycles. The van der Waals surface area contributed by atoms with E-state index in [2.05, 4.69) is 9.62 Å². The second-order valence-corrected chi connectivity index (χ2v) is 7.21. The Kier molecular flexibility index (Phi) is 5.61. The number of likely N-dealkylation sites (tertiary alicyclic amines) is 1. The summed E-state index contributed by atoms with van der Waals surface area (Å²) in [5.41, 5.74) is 1.12. The second kappa shape index (κ2) is 7.24. The highest BCUT2D eigenvalue weighted by Crippen LogP contribution is 2.26. The molecule has 1 unspecified atom stereocenters. The normalized spacial score (nSPS) is 17.8. The van der Waals surface area contributed by atoms with Crippen LogP contribution in [0.4, 0.5) is 0 Å². The summed E-state index contributed by atoms with van der Waals surface area (Å²) in [6.07, 6.45) is 3.55. The van der Waals surface area contributed by atoms with Crippen LogP contribution in [0, 0.1) is 0 Å². The van der Waals surface area contributed by atoms with Gasteiger partial charge in [-0.05, 0) is 50.6 Å². The molecule has 5 nitrogen and oxygen atoms in total. The SMILES string of the molecule is CCOc1ccc(C(CNS(C)(=O)=O)N2CCCC2)cc1. The van der Waals surface area contributed by atoms with Crippen molar-refractivity contribution in [1.82, 2.24) is 9.62 Å². The van der Waals surface area contributed by atoms with Crippen LogP contribution < -0.4 is 9.46 Å². The van der Waals surface area contributed by atoms with E-state index in [0.717, 1.165) is 24.4 Å². The summed E-state index contributed by atoms with van der Waals surface area (Å²) >= 11 is 0. The molecule has 1 N–H and O–H groups in total. The fraction of sp³-hybridized carbons (Fsp3) is 0.600. The van der Waals surface area contributed by atoms with Crippen LogP contribution in [-0.4, -0.2) is 45.8 Å². The molecule has 0 bridgehead atoms. The maximum absolute atomic E-state index is 11.4. The van der Waals surface area contributed by atoms with Gasteiger partial charge < -0.3 is 4.74 Å². The third kappa shape index (κ3) is 4.98. The van der Waals surface area contributed by atoms with Crippen LogP contribution in [0.5, 0.6) is 5.75 Å². The summed E-state index contributed by atoms with van der Waals surface area (Å²) in [7, 11) is -3.17. The molecule has 2 rings (SSSR count). The molecule has 0 saturated carbocycles. The lowest BCUT2D eigenvalue weighted by molar-refractivity contribution is 0.246. The van der Waals surface area contributed by atoms with Crippen LogP contribution in [0.25, 0.3) is 0 Å². The number of rotatable bonds is 7. The molecule has 1 aliphatic heterocycles. The third-order valence-corrected chi connectivity index (χ3v) is 4.39. The largest absolute Gasteiger partial charge is 0.494 e. The summed E-state index contributed by atoms with van der Waals surface area (Å²) in [4.78, 5) is 2.34. The summed E-state index contributed by atoms with van der Waals surface area (Å²) in [5.74, 6) is 0.845. The molecule has 6 heteroatoms. The van der Waals surface area contributed by atoms with Gasteiger partial charge in [-0.2, -0.15) is 0 Å². The Labute approximate surface area is 127 Å². The van der Waals surface area contributed by atoms with E-state index < -0.39 is 10.0 Å². The lowest BCUT2D eigenvalue weighted by Crippen LogP contribution is -2.36. The summed E-state index contributed by atoms with van der Waals surface area (Å²) in [5, 5.41) is 0. The number of hydrogen-bond acceptors (Lipinski definition) is 4. The second-order valence-electron chi connectivity index (χ2n) is 5.38. The minimum Gasteiger partial charge on any atom is -0.494 e.